The van der Waals surface area contributed by atoms with E-state index >= 15 is 0 Å². The summed E-state index contributed by atoms with van der Waals surface area (Å²) < 4.78 is 10.7. The lowest BCUT2D eigenvalue weighted by atomic mass is 10.0. The zero-order valence-electron chi connectivity index (χ0n) is 17.4. The minimum atomic E-state index is -0.132. The third-order valence-electron chi connectivity index (χ3n) is 5.42. The van der Waals surface area contributed by atoms with Crippen LogP contribution in [0, 0.1) is 13.8 Å². The number of ketones is 1. The SMILES string of the molecule is COc1cc(=C2N=c3ccccc3=C2C(=O)c2ccoc2)[nH]/c1=C\c1[nH]c(C)cc1C. The third kappa shape index (κ3) is 3.22. The molecule has 6 nitrogen and oxygen atoms in total. The van der Waals surface area contributed by atoms with Gasteiger partial charge in [-0.25, -0.2) is 4.99 Å². The maximum absolute atomic E-state index is 13.3. The first kappa shape index (κ1) is 18.9. The van der Waals surface area contributed by atoms with Crippen molar-refractivity contribution in [3.05, 3.63) is 98.8 Å². The third-order valence-corrected chi connectivity index (χ3v) is 5.42. The molecular formula is C25H21N3O3. The van der Waals surface area contributed by atoms with Crippen LogP contribution in [0.5, 0.6) is 5.75 Å². The first-order valence-electron chi connectivity index (χ1n) is 9.96. The number of H-pyrrole nitrogens is 2. The molecule has 0 fully saturated rings. The second-order valence-electron chi connectivity index (χ2n) is 7.55. The van der Waals surface area contributed by atoms with Gasteiger partial charge >= 0.3 is 0 Å². The highest BCUT2D eigenvalue weighted by Gasteiger charge is 2.23. The lowest BCUT2D eigenvalue weighted by Crippen LogP contribution is -2.24. The van der Waals surface area contributed by atoms with Gasteiger partial charge in [-0.1, -0.05) is 18.2 Å². The number of benzene rings is 1. The molecule has 0 spiro atoms. The van der Waals surface area contributed by atoms with Crippen LogP contribution in [0.3, 0.4) is 0 Å². The fourth-order valence-corrected chi connectivity index (χ4v) is 3.95. The van der Waals surface area contributed by atoms with Gasteiger partial charge in [0.15, 0.2) is 5.78 Å². The van der Waals surface area contributed by atoms with E-state index in [0.29, 0.717) is 27.9 Å². The Morgan fingerprint density at radius 3 is 2.68 bits per heavy atom. The summed E-state index contributed by atoms with van der Waals surface area (Å²) in [5.41, 5.74) is 4.85. The summed E-state index contributed by atoms with van der Waals surface area (Å²) in [5.74, 6) is 0.544. The Morgan fingerprint density at radius 2 is 1.97 bits per heavy atom. The predicted molar refractivity (Wildman–Crippen MR) is 118 cm³/mol. The van der Waals surface area contributed by atoms with Gasteiger partial charge in [0, 0.05) is 22.7 Å². The number of nitrogens with one attached hydrogen (secondary N) is 2. The number of carbonyl (C=O) groups is 1. The van der Waals surface area contributed by atoms with Gasteiger partial charge in [-0.3, -0.25) is 4.79 Å². The predicted octanol–water partition coefficient (Wildman–Crippen LogP) is 1.87. The van der Waals surface area contributed by atoms with Gasteiger partial charge in [0.05, 0.1) is 46.3 Å². The Hall–Kier alpha value is -4.06. The molecule has 31 heavy (non-hydrogen) atoms. The molecule has 0 radical (unpaired) electrons. The van der Waals surface area contributed by atoms with Gasteiger partial charge < -0.3 is 19.1 Å². The number of hydrogen-bond acceptors (Lipinski definition) is 4. The average molecular weight is 411 g/mol. The fraction of sp³-hybridized carbons (Fsp3) is 0.120. The fourth-order valence-electron chi connectivity index (χ4n) is 3.95. The maximum Gasteiger partial charge on any atom is 0.199 e. The molecule has 0 unspecified atom stereocenters. The number of aromatic nitrogens is 2. The minimum Gasteiger partial charge on any atom is -0.494 e. The van der Waals surface area contributed by atoms with Crippen molar-refractivity contribution in [2.24, 2.45) is 4.99 Å². The molecule has 6 heteroatoms. The molecule has 5 rings (SSSR count). The Morgan fingerprint density at radius 1 is 1.13 bits per heavy atom. The summed E-state index contributed by atoms with van der Waals surface area (Å²) in [6.07, 6.45) is 4.96. The number of para-hydroxylation sites is 1. The number of aromatic amines is 2. The van der Waals surface area contributed by atoms with Gasteiger partial charge in [-0.05, 0) is 43.7 Å². The molecule has 4 aromatic rings. The van der Waals surface area contributed by atoms with Crippen LogP contribution in [0.1, 0.15) is 27.3 Å². The van der Waals surface area contributed by atoms with Crippen LogP contribution in [-0.4, -0.2) is 22.9 Å². The Labute approximate surface area is 177 Å². The topological polar surface area (TPSA) is 83.4 Å². The zero-order chi connectivity index (χ0) is 21.5. The van der Waals surface area contributed by atoms with Gasteiger partial charge in [0.1, 0.15) is 12.0 Å². The van der Waals surface area contributed by atoms with Crippen molar-refractivity contribution in [3.63, 3.8) is 0 Å². The van der Waals surface area contributed by atoms with Gasteiger partial charge in [-0.15, -0.1) is 0 Å². The van der Waals surface area contributed by atoms with Crippen LogP contribution in [0.15, 0.2) is 64.4 Å². The molecule has 1 aromatic carbocycles. The van der Waals surface area contributed by atoms with E-state index in [9.17, 15) is 4.79 Å². The summed E-state index contributed by atoms with van der Waals surface area (Å²) in [6.45, 7) is 4.08. The molecule has 4 heterocycles. The van der Waals surface area contributed by atoms with Crippen molar-refractivity contribution in [2.75, 3.05) is 7.11 Å². The highest BCUT2D eigenvalue weighted by Crippen LogP contribution is 2.20. The highest BCUT2D eigenvalue weighted by atomic mass is 16.5. The standard InChI is InChI=1S/C25H21N3O3/c1-14-10-15(2)26-19(14)11-20-22(30-3)12-21(27-20)24-23(25(29)16-8-9-31-13-16)17-6-4-5-7-18(17)28-24/h4-13,26-27H,1-3H3/b20-11-,24-21?. The second kappa shape index (κ2) is 7.32. The van der Waals surface area contributed by atoms with E-state index in [0.717, 1.165) is 32.9 Å². The average Bonchev–Trinajstić information content (AvgIpc) is 3.53. The van der Waals surface area contributed by atoms with Crippen LogP contribution in [0.25, 0.3) is 17.3 Å². The first-order valence-corrected chi connectivity index (χ1v) is 9.96. The number of furan rings is 1. The van der Waals surface area contributed by atoms with Crippen molar-refractivity contribution in [1.29, 1.82) is 0 Å². The van der Waals surface area contributed by atoms with Crippen LogP contribution in [0.4, 0.5) is 0 Å². The Balaban J connectivity index is 1.78. The zero-order valence-corrected chi connectivity index (χ0v) is 17.4. The Bertz CT molecular complexity index is 1550. The van der Waals surface area contributed by atoms with Crippen molar-refractivity contribution < 1.29 is 13.9 Å². The van der Waals surface area contributed by atoms with E-state index < -0.39 is 0 Å². The molecule has 2 N–H and O–H groups in total. The molecule has 0 saturated carbocycles. The van der Waals surface area contributed by atoms with Gasteiger partial charge in [0.25, 0.3) is 0 Å². The van der Waals surface area contributed by atoms with E-state index in [1.54, 1.807) is 13.2 Å². The molecule has 1 aliphatic heterocycles. The van der Waals surface area contributed by atoms with E-state index in [4.69, 9.17) is 14.1 Å². The lowest BCUT2D eigenvalue weighted by Gasteiger charge is -2.01. The summed E-state index contributed by atoms with van der Waals surface area (Å²) in [7, 11) is 1.63. The number of hydrogen-bond donors (Lipinski definition) is 2. The summed E-state index contributed by atoms with van der Waals surface area (Å²) in [4.78, 5) is 24.8. The molecule has 0 saturated heterocycles. The molecule has 0 bridgehead atoms. The van der Waals surface area contributed by atoms with Crippen LogP contribution >= 0.6 is 0 Å². The molecule has 0 aliphatic carbocycles. The van der Waals surface area contributed by atoms with Crippen molar-refractivity contribution in [2.45, 2.75) is 13.8 Å². The van der Waals surface area contributed by atoms with E-state index in [1.165, 1.54) is 12.5 Å². The van der Waals surface area contributed by atoms with Crippen molar-refractivity contribution in [3.8, 4) is 5.75 Å². The number of rotatable bonds is 4. The number of methoxy groups -OCH3 is 1. The minimum absolute atomic E-state index is 0.132. The number of aryl methyl sites for hydroxylation is 2. The van der Waals surface area contributed by atoms with Crippen LogP contribution in [0.2, 0.25) is 0 Å². The normalized spacial score (nSPS) is 15.2. The molecule has 0 atom stereocenters. The monoisotopic (exact) mass is 411 g/mol. The molecule has 0 amide bonds. The van der Waals surface area contributed by atoms with E-state index in [1.807, 2.05) is 43.3 Å². The van der Waals surface area contributed by atoms with E-state index in [2.05, 4.69) is 23.0 Å². The van der Waals surface area contributed by atoms with Crippen LogP contribution < -0.4 is 26.0 Å². The maximum atomic E-state index is 13.3. The number of Topliss-reactive ketones (excluding diaryl/α,β-unsaturated/α-hetero) is 1. The lowest BCUT2D eigenvalue weighted by molar-refractivity contribution is 0.105. The van der Waals surface area contributed by atoms with Crippen molar-refractivity contribution >= 4 is 23.1 Å². The van der Waals surface area contributed by atoms with Crippen molar-refractivity contribution in [1.82, 2.24) is 9.97 Å². The molecular weight excluding hydrogens is 390 g/mol. The second-order valence-corrected chi connectivity index (χ2v) is 7.55. The number of nitrogens with zero attached hydrogens (tertiary/aromatic N) is 1. The number of fused-ring (bicyclic) bond motifs is 1. The molecule has 154 valence electrons. The molecule has 1 aliphatic rings. The molecule has 3 aromatic heterocycles. The van der Waals surface area contributed by atoms with Gasteiger partial charge in [-0.2, -0.15) is 0 Å². The summed E-state index contributed by atoms with van der Waals surface area (Å²) in [5, 5.41) is 3.08. The van der Waals surface area contributed by atoms with Gasteiger partial charge in [0.2, 0.25) is 0 Å². The largest absolute Gasteiger partial charge is 0.494 e. The highest BCUT2D eigenvalue weighted by molar-refractivity contribution is 6.35. The Kier molecular flexibility index (Phi) is 4.47. The number of carbonyl (C=O) groups excluding carboxylic acids is 1. The quantitative estimate of drug-likeness (QED) is 0.503. The first-order chi connectivity index (χ1) is 15.0. The summed E-state index contributed by atoms with van der Waals surface area (Å²) in [6, 6.07) is 13.3. The van der Waals surface area contributed by atoms with Crippen LogP contribution in [-0.2, 0) is 0 Å². The number of ether oxygens (including phenoxy) is 1. The van der Waals surface area contributed by atoms with E-state index in [-0.39, 0.29) is 5.78 Å². The smallest absolute Gasteiger partial charge is 0.199 e. The summed E-state index contributed by atoms with van der Waals surface area (Å²) >= 11 is 0.